The number of likely N-dealkylation sites (N-methyl/N-ethyl adjacent to an activating group) is 3. The number of esters is 1. The lowest BCUT2D eigenvalue weighted by atomic mass is 9.97. The van der Waals surface area contributed by atoms with Gasteiger partial charge in [-0.15, -0.1) is 10.1 Å². The summed E-state index contributed by atoms with van der Waals surface area (Å²) in [5, 5.41) is 20.4. The van der Waals surface area contributed by atoms with Gasteiger partial charge in [0.15, 0.2) is 0 Å². The Labute approximate surface area is 168 Å². The van der Waals surface area contributed by atoms with Crippen LogP contribution in [0.2, 0.25) is 0 Å². The van der Waals surface area contributed by atoms with E-state index in [-0.39, 0.29) is 24.5 Å². The number of aliphatic hydroxyl groups excluding tert-OH is 1. The molecule has 0 amide bonds. The zero-order chi connectivity index (χ0) is 21.9. The number of hydrogen-bond acceptors (Lipinski definition) is 9. The van der Waals surface area contributed by atoms with Crippen LogP contribution in [0.5, 0.6) is 0 Å². The van der Waals surface area contributed by atoms with Crippen molar-refractivity contribution in [2.75, 3.05) is 55.4 Å². The molecule has 10 nitrogen and oxygen atoms in total. The number of carbonyl (C=O) groups is 1. The lowest BCUT2D eigenvalue weighted by molar-refractivity contribution is -0.770. The van der Waals surface area contributed by atoms with Gasteiger partial charge in [0.2, 0.25) is 0 Å². The van der Waals surface area contributed by atoms with E-state index in [0.29, 0.717) is 32.4 Å². The fourth-order valence-corrected chi connectivity index (χ4v) is 3.31. The molecule has 4 atom stereocenters. The Hall–Kier alpha value is -1.49. The molecule has 0 spiro atoms. The maximum atomic E-state index is 11.3. The van der Waals surface area contributed by atoms with Gasteiger partial charge in [0.25, 0.3) is 5.09 Å². The third kappa shape index (κ3) is 12.8. The van der Waals surface area contributed by atoms with Crippen molar-refractivity contribution in [3.63, 3.8) is 0 Å². The molecular weight excluding hydrogens is 368 g/mol. The molecule has 10 heteroatoms. The number of aliphatic hydroxyl groups is 1. The van der Waals surface area contributed by atoms with Crippen LogP contribution in [0.25, 0.3) is 0 Å². The predicted octanol–water partition coefficient (Wildman–Crippen LogP) is 0.470. The van der Waals surface area contributed by atoms with Crippen molar-refractivity contribution in [1.82, 2.24) is 14.7 Å². The summed E-state index contributed by atoms with van der Waals surface area (Å²) in [4.78, 5) is 32.9. The molecule has 0 aromatic carbocycles. The Bertz CT molecular complexity index is 461. The average molecular weight is 407 g/mol. The van der Waals surface area contributed by atoms with Crippen LogP contribution in [0.1, 0.15) is 32.6 Å². The predicted molar refractivity (Wildman–Crippen MR) is 106 cm³/mol. The molecule has 0 aliphatic heterocycles. The topological polar surface area (TPSA) is 109 Å². The molecule has 166 valence electrons. The van der Waals surface area contributed by atoms with E-state index in [1.807, 2.05) is 57.0 Å². The van der Waals surface area contributed by atoms with Crippen LogP contribution in [0.3, 0.4) is 0 Å². The van der Waals surface area contributed by atoms with Crippen LogP contribution in [0.4, 0.5) is 0 Å². The molecule has 0 fully saturated rings. The zero-order valence-corrected chi connectivity index (χ0v) is 18.3. The molecule has 4 unspecified atom stereocenters. The molecule has 0 radical (unpaired) electrons. The largest absolute Gasteiger partial charge is 0.461 e. The Balaban J connectivity index is 4.98. The van der Waals surface area contributed by atoms with Gasteiger partial charge in [0, 0.05) is 32.5 Å². The molecule has 0 saturated carbocycles. The maximum Gasteiger partial charge on any atom is 0.302 e. The third-order valence-corrected chi connectivity index (χ3v) is 4.32. The Morgan fingerprint density at radius 2 is 1.64 bits per heavy atom. The third-order valence-electron chi connectivity index (χ3n) is 4.32. The van der Waals surface area contributed by atoms with Crippen LogP contribution in [-0.4, -0.2) is 111 Å². The van der Waals surface area contributed by atoms with Crippen molar-refractivity contribution >= 4 is 5.97 Å². The van der Waals surface area contributed by atoms with Gasteiger partial charge >= 0.3 is 5.97 Å². The van der Waals surface area contributed by atoms with Gasteiger partial charge in [-0.3, -0.25) is 4.79 Å². The first-order chi connectivity index (χ1) is 12.9. The minimum absolute atomic E-state index is 0.160. The molecule has 0 aromatic rings. The average Bonchev–Trinajstić information content (AvgIpc) is 2.47. The van der Waals surface area contributed by atoms with E-state index in [1.165, 1.54) is 6.92 Å². The summed E-state index contributed by atoms with van der Waals surface area (Å²) in [6, 6.07) is -0.250. The highest BCUT2D eigenvalue weighted by molar-refractivity contribution is 5.66. The fourth-order valence-electron chi connectivity index (χ4n) is 3.31. The summed E-state index contributed by atoms with van der Waals surface area (Å²) in [6.07, 6.45) is 0.414. The quantitative estimate of drug-likeness (QED) is 0.236. The first kappa shape index (κ1) is 26.5. The van der Waals surface area contributed by atoms with Crippen molar-refractivity contribution in [3.8, 4) is 0 Å². The van der Waals surface area contributed by atoms with Gasteiger partial charge in [-0.25, -0.2) is 0 Å². The highest BCUT2D eigenvalue weighted by atomic mass is 17.0. The van der Waals surface area contributed by atoms with Crippen molar-refractivity contribution in [2.45, 2.75) is 57.0 Å². The van der Waals surface area contributed by atoms with Crippen LogP contribution in [0.15, 0.2) is 0 Å². The second-order valence-electron chi connectivity index (χ2n) is 7.97. The molecule has 0 aliphatic rings. The first-order valence-corrected chi connectivity index (χ1v) is 9.54. The normalized spacial score (nSPS) is 16.1. The molecule has 28 heavy (non-hydrogen) atoms. The minimum atomic E-state index is -0.794. The Morgan fingerprint density at radius 1 is 1.07 bits per heavy atom. The SMILES string of the molecule is CC(=O)OC(CCCC(C(CC(O)CN(C)C)O[N+](=O)[O-])N(C)C)CN(C)C. The van der Waals surface area contributed by atoms with Crippen molar-refractivity contribution in [1.29, 1.82) is 0 Å². The van der Waals surface area contributed by atoms with Gasteiger partial charge < -0.3 is 29.4 Å². The molecule has 0 heterocycles. The van der Waals surface area contributed by atoms with E-state index in [1.54, 1.807) is 0 Å². The summed E-state index contributed by atoms with van der Waals surface area (Å²) in [6.45, 7) is 2.40. The highest BCUT2D eigenvalue weighted by Crippen LogP contribution is 2.19. The first-order valence-electron chi connectivity index (χ1n) is 9.54. The minimum Gasteiger partial charge on any atom is -0.461 e. The number of hydrogen-bond donors (Lipinski definition) is 1. The van der Waals surface area contributed by atoms with E-state index < -0.39 is 17.3 Å². The molecule has 0 saturated heterocycles. The lowest BCUT2D eigenvalue weighted by Crippen LogP contribution is -2.44. The van der Waals surface area contributed by atoms with Gasteiger partial charge in [0.1, 0.15) is 12.2 Å². The van der Waals surface area contributed by atoms with E-state index in [9.17, 15) is 20.0 Å². The van der Waals surface area contributed by atoms with E-state index in [4.69, 9.17) is 9.57 Å². The summed E-state index contributed by atoms with van der Waals surface area (Å²) in [5.74, 6) is -0.322. The maximum absolute atomic E-state index is 11.3. The van der Waals surface area contributed by atoms with Crippen LogP contribution in [-0.2, 0) is 14.4 Å². The second-order valence-corrected chi connectivity index (χ2v) is 7.97. The summed E-state index contributed by atoms with van der Waals surface area (Å²) < 4.78 is 5.36. The number of ether oxygens (including phenoxy) is 1. The standard InChI is InChI=1S/C18H38N4O6/c1-14(23)27-16(13-20(4)5)9-8-10-17(21(6)7)18(28-22(25)26)11-15(24)12-19(2)3/h15-18,24H,8-13H2,1-7H3. The fraction of sp³-hybridized carbons (Fsp3) is 0.944. The number of nitrogens with zero attached hydrogens (tertiary/aromatic N) is 4. The van der Waals surface area contributed by atoms with Crippen molar-refractivity contribution in [2.24, 2.45) is 0 Å². The molecule has 0 bridgehead atoms. The van der Waals surface area contributed by atoms with Gasteiger partial charge in [0.05, 0.1) is 6.10 Å². The lowest BCUT2D eigenvalue weighted by Gasteiger charge is -2.33. The van der Waals surface area contributed by atoms with Crippen LogP contribution in [0, 0.1) is 10.1 Å². The van der Waals surface area contributed by atoms with Gasteiger partial charge in [-0.05, 0) is 61.5 Å². The Morgan fingerprint density at radius 3 is 2.07 bits per heavy atom. The molecular formula is C18H38N4O6. The van der Waals surface area contributed by atoms with Gasteiger partial charge in [-0.2, -0.15) is 0 Å². The number of rotatable bonds is 15. The van der Waals surface area contributed by atoms with E-state index in [0.717, 1.165) is 0 Å². The monoisotopic (exact) mass is 406 g/mol. The van der Waals surface area contributed by atoms with Crippen molar-refractivity contribution in [3.05, 3.63) is 10.1 Å². The van der Waals surface area contributed by atoms with Crippen LogP contribution < -0.4 is 0 Å². The van der Waals surface area contributed by atoms with Gasteiger partial charge in [-0.1, -0.05) is 0 Å². The summed E-state index contributed by atoms with van der Waals surface area (Å²) in [5.41, 5.74) is 0. The zero-order valence-electron chi connectivity index (χ0n) is 18.3. The smallest absolute Gasteiger partial charge is 0.302 e. The highest BCUT2D eigenvalue weighted by Gasteiger charge is 2.29. The second kappa shape index (κ2) is 13.6. The van der Waals surface area contributed by atoms with Crippen molar-refractivity contribution < 1.29 is 24.6 Å². The summed E-state index contributed by atoms with van der Waals surface area (Å²) >= 11 is 0. The molecule has 1 N–H and O–H groups in total. The Kier molecular flexibility index (Phi) is 12.9. The van der Waals surface area contributed by atoms with E-state index in [2.05, 4.69) is 0 Å². The molecule has 0 aromatic heterocycles. The molecule has 0 rings (SSSR count). The number of carbonyl (C=O) groups excluding carboxylic acids is 1. The van der Waals surface area contributed by atoms with E-state index >= 15 is 0 Å². The molecule has 0 aliphatic carbocycles. The van der Waals surface area contributed by atoms with Crippen LogP contribution >= 0.6 is 0 Å². The summed E-state index contributed by atoms with van der Waals surface area (Å²) in [7, 11) is 11.1.